The number of nitrogens with zero attached hydrogens (tertiary/aromatic N) is 2. The van der Waals surface area contributed by atoms with E-state index in [2.05, 4.69) is 22.4 Å². The van der Waals surface area contributed by atoms with E-state index >= 15 is 0 Å². The highest BCUT2D eigenvalue weighted by molar-refractivity contribution is 6.07. The largest absolute Gasteiger partial charge is 0.409 e. The number of carbonyl (C=O) groups excluding carboxylic acids is 1. The monoisotopic (exact) mass is 268 g/mol. The van der Waals surface area contributed by atoms with E-state index in [-0.39, 0.29) is 11.7 Å². The summed E-state index contributed by atoms with van der Waals surface area (Å²) in [5, 5.41) is 14.8. The smallest absolute Gasteiger partial charge is 0.233 e. The van der Waals surface area contributed by atoms with Crippen LogP contribution in [0.5, 0.6) is 0 Å². The quantitative estimate of drug-likeness (QED) is 0.297. The minimum Gasteiger partial charge on any atom is -0.409 e. The molecule has 0 bridgehead atoms. The molecule has 2 aliphatic rings. The number of carbonyl (C=O) groups is 1. The Hall–Kier alpha value is -1.30. The summed E-state index contributed by atoms with van der Waals surface area (Å²) in [6.45, 7) is 2.85. The van der Waals surface area contributed by atoms with E-state index in [4.69, 9.17) is 10.9 Å². The Balaban J connectivity index is 1.87. The molecule has 108 valence electrons. The topological polar surface area (TPSA) is 91.0 Å². The van der Waals surface area contributed by atoms with Gasteiger partial charge in [-0.25, -0.2) is 0 Å². The lowest BCUT2D eigenvalue weighted by Crippen LogP contribution is -2.55. The van der Waals surface area contributed by atoms with Gasteiger partial charge in [-0.1, -0.05) is 11.6 Å². The van der Waals surface area contributed by atoms with Crippen LogP contribution in [0.1, 0.15) is 32.1 Å². The van der Waals surface area contributed by atoms with Crippen LogP contribution in [0.25, 0.3) is 0 Å². The van der Waals surface area contributed by atoms with Crippen LogP contribution in [0.4, 0.5) is 0 Å². The van der Waals surface area contributed by atoms with E-state index in [1.165, 1.54) is 6.42 Å². The van der Waals surface area contributed by atoms with E-state index < -0.39 is 5.41 Å². The predicted octanol–water partition coefficient (Wildman–Crippen LogP) is 0.361. The lowest BCUT2D eigenvalue weighted by Gasteiger charge is -2.39. The molecule has 0 radical (unpaired) electrons. The van der Waals surface area contributed by atoms with Crippen molar-refractivity contribution in [2.24, 2.45) is 22.2 Å². The molecule has 0 aromatic carbocycles. The van der Waals surface area contributed by atoms with Crippen molar-refractivity contribution >= 4 is 11.7 Å². The molecule has 1 aliphatic carbocycles. The molecule has 1 heterocycles. The van der Waals surface area contributed by atoms with Crippen LogP contribution in [0.3, 0.4) is 0 Å². The molecule has 2 fully saturated rings. The average molecular weight is 268 g/mol. The van der Waals surface area contributed by atoms with Crippen molar-refractivity contribution in [2.45, 2.75) is 32.1 Å². The summed E-state index contributed by atoms with van der Waals surface area (Å²) < 4.78 is 0. The van der Waals surface area contributed by atoms with Crippen molar-refractivity contribution < 1.29 is 10.0 Å². The minimum absolute atomic E-state index is 0.0528. The van der Waals surface area contributed by atoms with Gasteiger partial charge in [-0.3, -0.25) is 4.79 Å². The molecule has 1 saturated heterocycles. The number of rotatable bonds is 4. The highest BCUT2D eigenvalue weighted by atomic mass is 16.4. The normalized spacial score (nSPS) is 27.6. The molecule has 19 heavy (non-hydrogen) atoms. The number of oxime groups is 1. The van der Waals surface area contributed by atoms with E-state index in [9.17, 15) is 4.79 Å². The van der Waals surface area contributed by atoms with E-state index in [0.29, 0.717) is 25.3 Å². The van der Waals surface area contributed by atoms with Crippen molar-refractivity contribution in [3.63, 3.8) is 0 Å². The zero-order valence-electron chi connectivity index (χ0n) is 11.6. The van der Waals surface area contributed by atoms with Gasteiger partial charge in [-0.05, 0) is 45.2 Å². The molecule has 6 heteroatoms. The fourth-order valence-electron chi connectivity index (χ4n) is 3.07. The van der Waals surface area contributed by atoms with Crippen LogP contribution in [-0.4, -0.2) is 48.5 Å². The molecule has 0 aromatic heterocycles. The van der Waals surface area contributed by atoms with Crippen LogP contribution in [0.15, 0.2) is 5.16 Å². The number of nitrogens with one attached hydrogen (secondary N) is 1. The second-order valence-corrected chi connectivity index (χ2v) is 5.90. The summed E-state index contributed by atoms with van der Waals surface area (Å²) in [5.41, 5.74) is 4.92. The molecular formula is C13H24N4O2. The first kappa shape index (κ1) is 14.1. The summed E-state index contributed by atoms with van der Waals surface area (Å²) >= 11 is 0. The highest BCUT2D eigenvalue weighted by Gasteiger charge is 2.48. The summed E-state index contributed by atoms with van der Waals surface area (Å²) in [5.74, 6) is 0.478. The maximum atomic E-state index is 12.3. The summed E-state index contributed by atoms with van der Waals surface area (Å²) in [4.78, 5) is 14.6. The number of amidine groups is 1. The first-order valence-corrected chi connectivity index (χ1v) is 7.03. The summed E-state index contributed by atoms with van der Waals surface area (Å²) in [6, 6.07) is 0. The lowest BCUT2D eigenvalue weighted by atomic mass is 9.67. The first-order valence-electron chi connectivity index (χ1n) is 7.03. The van der Waals surface area contributed by atoms with Gasteiger partial charge in [0.1, 0.15) is 5.41 Å². The number of hydrogen-bond donors (Lipinski definition) is 3. The Morgan fingerprint density at radius 2 is 2.26 bits per heavy atom. The Bertz CT molecular complexity index is 366. The van der Waals surface area contributed by atoms with Gasteiger partial charge in [0.2, 0.25) is 5.91 Å². The van der Waals surface area contributed by atoms with Gasteiger partial charge in [-0.2, -0.15) is 0 Å². The van der Waals surface area contributed by atoms with E-state index in [1.54, 1.807) is 0 Å². The Kier molecular flexibility index (Phi) is 4.29. The number of amides is 1. The van der Waals surface area contributed by atoms with E-state index in [1.807, 2.05) is 0 Å². The molecular weight excluding hydrogens is 244 g/mol. The molecule has 1 amide bonds. The van der Waals surface area contributed by atoms with Crippen LogP contribution >= 0.6 is 0 Å². The second kappa shape index (κ2) is 5.77. The maximum absolute atomic E-state index is 12.3. The zero-order chi connectivity index (χ0) is 13.9. The van der Waals surface area contributed by atoms with Crippen molar-refractivity contribution in [2.75, 3.05) is 26.7 Å². The third-order valence-electron chi connectivity index (χ3n) is 4.51. The SMILES string of the molecule is CN1CCCC(CNC(=O)C2(C(N)=NO)CCC2)C1. The number of hydrogen-bond acceptors (Lipinski definition) is 4. The van der Waals surface area contributed by atoms with Crippen molar-refractivity contribution in [3.05, 3.63) is 0 Å². The predicted molar refractivity (Wildman–Crippen MR) is 72.9 cm³/mol. The fraction of sp³-hybridized carbons (Fsp3) is 0.846. The first-order chi connectivity index (χ1) is 9.08. The Morgan fingerprint density at radius 3 is 2.79 bits per heavy atom. The van der Waals surface area contributed by atoms with Crippen molar-refractivity contribution in [3.8, 4) is 0 Å². The molecule has 6 nitrogen and oxygen atoms in total. The number of piperidine rings is 1. The standard InChI is InChI=1S/C13H24N4O2/c1-17-7-2-4-10(9-17)8-15-12(18)13(5-3-6-13)11(14)16-19/h10,19H,2-9H2,1H3,(H2,14,16)(H,15,18). The third kappa shape index (κ3) is 2.83. The lowest BCUT2D eigenvalue weighted by molar-refractivity contribution is -0.131. The van der Waals surface area contributed by atoms with Gasteiger partial charge in [0.15, 0.2) is 5.84 Å². The fourth-order valence-corrected chi connectivity index (χ4v) is 3.07. The zero-order valence-corrected chi connectivity index (χ0v) is 11.6. The highest BCUT2D eigenvalue weighted by Crippen LogP contribution is 2.41. The maximum Gasteiger partial charge on any atom is 0.233 e. The van der Waals surface area contributed by atoms with Crippen LogP contribution in [-0.2, 0) is 4.79 Å². The minimum atomic E-state index is -0.755. The van der Waals surface area contributed by atoms with Gasteiger partial charge in [0, 0.05) is 13.1 Å². The van der Waals surface area contributed by atoms with Gasteiger partial charge < -0.3 is 21.2 Å². The van der Waals surface area contributed by atoms with Crippen molar-refractivity contribution in [1.82, 2.24) is 10.2 Å². The molecule has 4 N–H and O–H groups in total. The third-order valence-corrected chi connectivity index (χ3v) is 4.51. The van der Waals surface area contributed by atoms with Crippen molar-refractivity contribution in [1.29, 1.82) is 0 Å². The molecule has 0 spiro atoms. The molecule has 1 saturated carbocycles. The molecule has 2 rings (SSSR count). The average Bonchev–Trinajstić information content (AvgIpc) is 2.35. The van der Waals surface area contributed by atoms with E-state index in [0.717, 1.165) is 25.9 Å². The van der Waals surface area contributed by atoms with Gasteiger partial charge in [0.25, 0.3) is 0 Å². The summed E-state index contributed by atoms with van der Waals surface area (Å²) in [7, 11) is 2.11. The van der Waals surface area contributed by atoms with Gasteiger partial charge in [-0.15, -0.1) is 0 Å². The molecule has 1 aliphatic heterocycles. The summed E-state index contributed by atoms with van der Waals surface area (Å²) in [6.07, 6.45) is 4.65. The van der Waals surface area contributed by atoms with Crippen LogP contribution < -0.4 is 11.1 Å². The molecule has 1 atom stereocenters. The molecule has 0 aromatic rings. The second-order valence-electron chi connectivity index (χ2n) is 5.90. The molecule has 1 unspecified atom stereocenters. The Morgan fingerprint density at radius 1 is 1.53 bits per heavy atom. The number of likely N-dealkylation sites (tertiary alicyclic amines) is 1. The van der Waals surface area contributed by atoms with Gasteiger partial charge in [0.05, 0.1) is 0 Å². The van der Waals surface area contributed by atoms with Gasteiger partial charge >= 0.3 is 0 Å². The van der Waals surface area contributed by atoms with Crippen LogP contribution in [0.2, 0.25) is 0 Å². The van der Waals surface area contributed by atoms with Crippen LogP contribution in [0, 0.1) is 11.3 Å². The number of nitrogens with two attached hydrogens (primary N) is 1. The Labute approximate surface area is 114 Å².